The molecular formula is C11H18N2O. The van der Waals surface area contributed by atoms with Crippen molar-refractivity contribution in [1.29, 1.82) is 0 Å². The molecule has 0 amide bonds. The third kappa shape index (κ3) is 3.32. The Morgan fingerprint density at radius 3 is 2.36 bits per heavy atom. The predicted octanol–water partition coefficient (Wildman–Crippen LogP) is 2.74. The first-order valence-corrected chi connectivity index (χ1v) is 5.01. The minimum absolute atomic E-state index is 0.177. The van der Waals surface area contributed by atoms with Gasteiger partial charge in [-0.1, -0.05) is 13.3 Å². The van der Waals surface area contributed by atoms with Crippen LogP contribution < -0.4 is 4.74 Å². The van der Waals surface area contributed by atoms with Gasteiger partial charge >= 0.3 is 6.01 Å². The Bertz CT molecular complexity index is 280. The molecule has 1 heterocycles. The van der Waals surface area contributed by atoms with Crippen LogP contribution in [0.4, 0.5) is 0 Å². The molecule has 3 nitrogen and oxygen atoms in total. The fourth-order valence-corrected chi connectivity index (χ4v) is 1.33. The minimum atomic E-state index is -0.177. The number of ether oxygens (including phenoxy) is 1. The van der Waals surface area contributed by atoms with Gasteiger partial charge in [0.15, 0.2) is 0 Å². The highest BCUT2D eigenvalue weighted by atomic mass is 16.5. The van der Waals surface area contributed by atoms with Crippen LogP contribution in [0, 0.1) is 6.92 Å². The predicted molar refractivity (Wildman–Crippen MR) is 56.4 cm³/mol. The van der Waals surface area contributed by atoms with E-state index in [1.165, 1.54) is 0 Å². The molecule has 0 atom stereocenters. The molecular weight excluding hydrogens is 176 g/mol. The normalized spacial score (nSPS) is 11.4. The molecule has 78 valence electrons. The van der Waals surface area contributed by atoms with E-state index in [9.17, 15) is 0 Å². The second kappa shape index (κ2) is 4.40. The Hall–Kier alpha value is -1.12. The molecule has 0 fully saturated rings. The van der Waals surface area contributed by atoms with E-state index >= 15 is 0 Å². The molecule has 0 bridgehead atoms. The largest absolute Gasteiger partial charge is 0.457 e. The van der Waals surface area contributed by atoms with E-state index in [4.69, 9.17) is 4.74 Å². The molecule has 0 aromatic carbocycles. The van der Waals surface area contributed by atoms with Crippen molar-refractivity contribution < 1.29 is 4.74 Å². The number of hydrogen-bond donors (Lipinski definition) is 0. The summed E-state index contributed by atoms with van der Waals surface area (Å²) in [5.41, 5.74) is 0.870. The fourth-order valence-electron chi connectivity index (χ4n) is 1.33. The second-order valence-corrected chi connectivity index (χ2v) is 4.15. The first-order valence-electron chi connectivity index (χ1n) is 5.01. The van der Waals surface area contributed by atoms with Crippen molar-refractivity contribution >= 4 is 0 Å². The van der Waals surface area contributed by atoms with Gasteiger partial charge < -0.3 is 4.74 Å². The Morgan fingerprint density at radius 1 is 1.29 bits per heavy atom. The van der Waals surface area contributed by atoms with Gasteiger partial charge in [0, 0.05) is 12.4 Å². The molecule has 0 aliphatic carbocycles. The Kier molecular flexibility index (Phi) is 3.44. The zero-order valence-electron chi connectivity index (χ0n) is 9.37. The molecule has 1 rings (SSSR count). The van der Waals surface area contributed by atoms with Crippen LogP contribution in [0.2, 0.25) is 0 Å². The first-order chi connectivity index (χ1) is 6.53. The summed E-state index contributed by atoms with van der Waals surface area (Å²) >= 11 is 0. The zero-order chi connectivity index (χ0) is 10.6. The zero-order valence-corrected chi connectivity index (χ0v) is 9.37. The number of hydrogen-bond acceptors (Lipinski definition) is 3. The van der Waals surface area contributed by atoms with Gasteiger partial charge in [0.25, 0.3) is 0 Å². The molecule has 3 heteroatoms. The van der Waals surface area contributed by atoms with Gasteiger partial charge in [-0.15, -0.1) is 0 Å². The summed E-state index contributed by atoms with van der Waals surface area (Å²) in [5.74, 6) is 0. The van der Waals surface area contributed by atoms with Crippen LogP contribution in [-0.2, 0) is 0 Å². The van der Waals surface area contributed by atoms with Crippen molar-refractivity contribution in [2.75, 3.05) is 0 Å². The molecule has 0 aliphatic rings. The Morgan fingerprint density at radius 2 is 1.86 bits per heavy atom. The summed E-state index contributed by atoms with van der Waals surface area (Å²) in [7, 11) is 0. The highest BCUT2D eigenvalue weighted by Gasteiger charge is 2.19. The van der Waals surface area contributed by atoms with Crippen LogP contribution in [0.1, 0.15) is 39.2 Å². The molecule has 0 spiro atoms. The minimum Gasteiger partial charge on any atom is -0.457 e. The lowest BCUT2D eigenvalue weighted by Crippen LogP contribution is -2.28. The van der Waals surface area contributed by atoms with Gasteiger partial charge in [-0.2, -0.15) is 0 Å². The highest BCUT2D eigenvalue weighted by molar-refractivity contribution is 5.05. The third-order valence-electron chi connectivity index (χ3n) is 1.98. The van der Waals surface area contributed by atoms with Gasteiger partial charge in [0.05, 0.1) is 0 Å². The van der Waals surface area contributed by atoms with Gasteiger partial charge in [0.1, 0.15) is 5.60 Å². The monoisotopic (exact) mass is 194 g/mol. The van der Waals surface area contributed by atoms with Crippen LogP contribution in [-0.4, -0.2) is 15.6 Å². The third-order valence-corrected chi connectivity index (χ3v) is 1.98. The molecule has 1 aromatic rings. The smallest absolute Gasteiger partial charge is 0.316 e. The summed E-state index contributed by atoms with van der Waals surface area (Å²) in [6.45, 7) is 8.21. The maximum absolute atomic E-state index is 5.68. The molecule has 0 unspecified atom stereocenters. The average Bonchev–Trinajstić information content (AvgIpc) is 2.08. The number of aryl methyl sites for hydroxylation is 1. The first kappa shape index (κ1) is 11.0. The van der Waals surface area contributed by atoms with E-state index in [1.807, 2.05) is 6.92 Å². The van der Waals surface area contributed by atoms with E-state index in [1.54, 1.807) is 12.4 Å². The maximum atomic E-state index is 5.68. The van der Waals surface area contributed by atoms with Crippen LogP contribution in [0.15, 0.2) is 12.4 Å². The lowest BCUT2D eigenvalue weighted by Gasteiger charge is -2.24. The highest BCUT2D eigenvalue weighted by Crippen LogP contribution is 2.18. The summed E-state index contributed by atoms with van der Waals surface area (Å²) in [6, 6.07) is 0.467. The van der Waals surface area contributed by atoms with E-state index in [0.29, 0.717) is 6.01 Å². The van der Waals surface area contributed by atoms with Gasteiger partial charge in [0.2, 0.25) is 0 Å². The number of rotatable bonds is 4. The van der Waals surface area contributed by atoms with Crippen molar-refractivity contribution in [3.8, 4) is 6.01 Å². The second-order valence-electron chi connectivity index (χ2n) is 4.15. The van der Waals surface area contributed by atoms with Crippen molar-refractivity contribution in [2.24, 2.45) is 0 Å². The molecule has 1 aromatic heterocycles. The van der Waals surface area contributed by atoms with Crippen molar-refractivity contribution in [3.63, 3.8) is 0 Å². The molecule has 0 aliphatic heterocycles. The summed E-state index contributed by atoms with van der Waals surface area (Å²) in [6.07, 6.45) is 5.64. The SMILES string of the molecule is CCCC(C)(C)Oc1ncc(C)cn1. The topological polar surface area (TPSA) is 35.0 Å². The van der Waals surface area contributed by atoms with Crippen molar-refractivity contribution in [3.05, 3.63) is 18.0 Å². The average molecular weight is 194 g/mol. The molecule has 0 saturated heterocycles. The van der Waals surface area contributed by atoms with E-state index in [2.05, 4.69) is 30.7 Å². The quantitative estimate of drug-likeness (QED) is 0.739. The van der Waals surface area contributed by atoms with E-state index in [0.717, 1.165) is 18.4 Å². The van der Waals surface area contributed by atoms with Crippen LogP contribution in [0.3, 0.4) is 0 Å². The van der Waals surface area contributed by atoms with Gasteiger partial charge in [-0.3, -0.25) is 0 Å². The molecule has 0 N–H and O–H groups in total. The maximum Gasteiger partial charge on any atom is 0.316 e. The lowest BCUT2D eigenvalue weighted by molar-refractivity contribution is 0.0862. The summed E-state index contributed by atoms with van der Waals surface area (Å²) in [4.78, 5) is 8.22. The van der Waals surface area contributed by atoms with Gasteiger partial charge in [-0.25, -0.2) is 9.97 Å². The van der Waals surface area contributed by atoms with Crippen molar-refractivity contribution in [2.45, 2.75) is 46.1 Å². The van der Waals surface area contributed by atoms with E-state index < -0.39 is 0 Å². The molecule has 14 heavy (non-hydrogen) atoms. The Labute approximate surface area is 85.5 Å². The van der Waals surface area contributed by atoms with Crippen molar-refractivity contribution in [1.82, 2.24) is 9.97 Å². The summed E-state index contributed by atoms with van der Waals surface area (Å²) in [5, 5.41) is 0. The summed E-state index contributed by atoms with van der Waals surface area (Å²) < 4.78 is 5.68. The molecule has 0 radical (unpaired) electrons. The van der Waals surface area contributed by atoms with Gasteiger partial charge in [-0.05, 0) is 32.8 Å². The fraction of sp³-hybridized carbons (Fsp3) is 0.636. The number of aromatic nitrogens is 2. The lowest BCUT2D eigenvalue weighted by atomic mass is 10.0. The standard InChI is InChI=1S/C11H18N2O/c1-5-6-11(3,4)14-10-12-7-9(2)8-13-10/h7-8H,5-6H2,1-4H3. The van der Waals surface area contributed by atoms with E-state index in [-0.39, 0.29) is 5.60 Å². The Balaban J connectivity index is 2.64. The van der Waals surface area contributed by atoms with Crippen LogP contribution >= 0.6 is 0 Å². The number of nitrogens with zero attached hydrogens (tertiary/aromatic N) is 2. The van der Waals surface area contributed by atoms with Crippen LogP contribution in [0.25, 0.3) is 0 Å². The van der Waals surface area contributed by atoms with Crippen LogP contribution in [0.5, 0.6) is 6.01 Å². The molecule has 0 saturated carbocycles.